The van der Waals surface area contributed by atoms with Crippen molar-refractivity contribution in [2.24, 2.45) is 0 Å². The minimum atomic E-state index is -0.272. The van der Waals surface area contributed by atoms with Gasteiger partial charge in [0.05, 0.1) is 18.5 Å². The first-order valence-corrected chi connectivity index (χ1v) is 6.59. The largest absolute Gasteiger partial charge is 0.462 e. The van der Waals surface area contributed by atoms with Crippen LogP contribution in [0, 0.1) is 0 Å². The first-order chi connectivity index (χ1) is 9.31. The quantitative estimate of drug-likeness (QED) is 0.793. The summed E-state index contributed by atoms with van der Waals surface area (Å²) >= 11 is 0. The van der Waals surface area contributed by atoms with E-state index in [1.165, 1.54) is 5.56 Å². The van der Waals surface area contributed by atoms with Gasteiger partial charge in [-0.3, -0.25) is 4.68 Å². The summed E-state index contributed by atoms with van der Waals surface area (Å²) in [6.45, 7) is 3.06. The highest BCUT2D eigenvalue weighted by molar-refractivity contribution is 5.91. The minimum Gasteiger partial charge on any atom is -0.462 e. The lowest BCUT2D eigenvalue weighted by atomic mass is 9.93. The maximum absolute atomic E-state index is 12.0. The average Bonchev–Trinajstić information content (AvgIpc) is 3.01. The van der Waals surface area contributed by atoms with Crippen molar-refractivity contribution in [1.29, 1.82) is 0 Å². The SMILES string of the molecule is CCOC(=O)c1cnn2c1[C@@H](c1ccccc1)CC2. The highest BCUT2D eigenvalue weighted by atomic mass is 16.5. The van der Waals surface area contributed by atoms with Gasteiger partial charge in [0, 0.05) is 12.5 Å². The van der Waals surface area contributed by atoms with Crippen molar-refractivity contribution in [1.82, 2.24) is 9.78 Å². The molecule has 0 fully saturated rings. The average molecular weight is 256 g/mol. The van der Waals surface area contributed by atoms with Crippen LogP contribution in [0.5, 0.6) is 0 Å². The number of aryl methyl sites for hydroxylation is 1. The molecule has 0 aliphatic carbocycles. The molecule has 1 aliphatic rings. The van der Waals surface area contributed by atoms with E-state index in [1.54, 1.807) is 6.20 Å². The molecule has 0 saturated heterocycles. The van der Waals surface area contributed by atoms with Crippen molar-refractivity contribution >= 4 is 5.97 Å². The van der Waals surface area contributed by atoms with E-state index in [1.807, 2.05) is 29.8 Å². The normalized spacial score (nSPS) is 17.2. The van der Waals surface area contributed by atoms with Crippen LogP contribution >= 0.6 is 0 Å². The Kier molecular flexibility index (Phi) is 3.07. The summed E-state index contributed by atoms with van der Waals surface area (Å²) in [5, 5.41) is 4.29. The van der Waals surface area contributed by atoms with E-state index in [4.69, 9.17) is 4.74 Å². The molecule has 3 rings (SSSR count). The summed E-state index contributed by atoms with van der Waals surface area (Å²) in [5.74, 6) is -0.0327. The van der Waals surface area contributed by atoms with Gasteiger partial charge in [-0.25, -0.2) is 4.79 Å². The van der Waals surface area contributed by atoms with E-state index < -0.39 is 0 Å². The zero-order valence-electron chi connectivity index (χ0n) is 10.9. The first kappa shape index (κ1) is 12.0. The predicted octanol–water partition coefficient (Wildman–Crippen LogP) is 2.60. The Balaban J connectivity index is 1.99. The lowest BCUT2D eigenvalue weighted by Gasteiger charge is -2.11. The fourth-order valence-electron chi connectivity index (χ4n) is 2.70. The fourth-order valence-corrected chi connectivity index (χ4v) is 2.70. The Labute approximate surface area is 112 Å². The molecule has 0 radical (unpaired) electrons. The van der Waals surface area contributed by atoms with Gasteiger partial charge >= 0.3 is 5.97 Å². The van der Waals surface area contributed by atoms with Crippen LogP contribution in [-0.2, 0) is 11.3 Å². The summed E-state index contributed by atoms with van der Waals surface area (Å²) in [6, 6.07) is 10.3. The third-order valence-electron chi connectivity index (χ3n) is 3.54. The summed E-state index contributed by atoms with van der Waals surface area (Å²) in [5.41, 5.74) is 2.82. The van der Waals surface area contributed by atoms with E-state index in [0.717, 1.165) is 18.7 Å². The van der Waals surface area contributed by atoms with E-state index in [9.17, 15) is 4.79 Å². The van der Waals surface area contributed by atoms with Crippen molar-refractivity contribution in [2.75, 3.05) is 6.61 Å². The molecule has 2 aromatic rings. The molecule has 0 saturated carbocycles. The number of benzene rings is 1. The zero-order valence-corrected chi connectivity index (χ0v) is 10.9. The van der Waals surface area contributed by atoms with Crippen LogP contribution in [0.2, 0.25) is 0 Å². The number of carbonyl (C=O) groups excluding carboxylic acids is 1. The first-order valence-electron chi connectivity index (χ1n) is 6.59. The molecule has 0 bridgehead atoms. The topological polar surface area (TPSA) is 44.1 Å². The molecule has 0 spiro atoms. The molecule has 2 heterocycles. The maximum atomic E-state index is 12.0. The fraction of sp³-hybridized carbons (Fsp3) is 0.333. The minimum absolute atomic E-state index is 0.239. The third kappa shape index (κ3) is 2.03. The van der Waals surface area contributed by atoms with Gasteiger partial charge in [-0.15, -0.1) is 0 Å². The molecule has 0 amide bonds. The van der Waals surface area contributed by atoms with E-state index in [2.05, 4.69) is 17.2 Å². The number of fused-ring (bicyclic) bond motifs is 1. The van der Waals surface area contributed by atoms with Crippen molar-refractivity contribution in [3.63, 3.8) is 0 Å². The molecular formula is C15H16N2O2. The second kappa shape index (κ2) is 4.88. The van der Waals surface area contributed by atoms with E-state index >= 15 is 0 Å². The van der Waals surface area contributed by atoms with Gasteiger partial charge in [0.15, 0.2) is 0 Å². The Morgan fingerprint density at radius 1 is 1.42 bits per heavy atom. The summed E-state index contributed by atoms with van der Waals surface area (Å²) in [7, 11) is 0. The van der Waals surface area contributed by atoms with E-state index in [-0.39, 0.29) is 11.9 Å². The monoisotopic (exact) mass is 256 g/mol. The van der Waals surface area contributed by atoms with Gasteiger partial charge in [-0.05, 0) is 18.9 Å². The Hall–Kier alpha value is -2.10. The second-order valence-corrected chi connectivity index (χ2v) is 4.64. The number of rotatable bonds is 3. The standard InChI is InChI=1S/C15H16N2O2/c1-2-19-15(18)13-10-16-17-9-8-12(14(13)17)11-6-4-3-5-7-11/h3-7,10,12H,2,8-9H2,1H3/t12-/m1/s1. The van der Waals surface area contributed by atoms with Gasteiger partial charge in [0.1, 0.15) is 5.56 Å². The van der Waals surface area contributed by atoms with Crippen LogP contribution in [0.1, 0.15) is 40.9 Å². The number of aromatic nitrogens is 2. The number of nitrogens with zero attached hydrogens (tertiary/aromatic N) is 2. The highest BCUT2D eigenvalue weighted by Crippen LogP contribution is 2.36. The van der Waals surface area contributed by atoms with Crippen molar-refractivity contribution in [3.05, 3.63) is 53.3 Å². The molecule has 1 aromatic carbocycles. The Bertz CT molecular complexity index is 589. The van der Waals surface area contributed by atoms with Crippen LogP contribution < -0.4 is 0 Å². The number of hydrogen-bond donors (Lipinski definition) is 0. The van der Waals surface area contributed by atoms with Crippen molar-refractivity contribution in [3.8, 4) is 0 Å². The summed E-state index contributed by atoms with van der Waals surface area (Å²) in [4.78, 5) is 12.0. The maximum Gasteiger partial charge on any atom is 0.341 e. The van der Waals surface area contributed by atoms with Crippen LogP contribution in [0.3, 0.4) is 0 Å². The molecule has 0 unspecified atom stereocenters. The number of hydrogen-bond acceptors (Lipinski definition) is 3. The number of esters is 1. The summed E-state index contributed by atoms with van der Waals surface area (Å²) in [6.07, 6.45) is 2.61. The summed E-state index contributed by atoms with van der Waals surface area (Å²) < 4.78 is 7.02. The third-order valence-corrected chi connectivity index (χ3v) is 3.54. The molecule has 1 atom stereocenters. The number of carbonyl (C=O) groups is 1. The van der Waals surface area contributed by atoms with Gasteiger partial charge in [-0.1, -0.05) is 30.3 Å². The molecule has 4 heteroatoms. The van der Waals surface area contributed by atoms with Gasteiger partial charge in [0.2, 0.25) is 0 Å². The lowest BCUT2D eigenvalue weighted by Crippen LogP contribution is -2.09. The predicted molar refractivity (Wildman–Crippen MR) is 71.1 cm³/mol. The molecular weight excluding hydrogens is 240 g/mol. The Morgan fingerprint density at radius 2 is 2.21 bits per heavy atom. The molecule has 4 nitrogen and oxygen atoms in total. The molecule has 1 aliphatic heterocycles. The molecule has 0 N–H and O–H groups in total. The smallest absolute Gasteiger partial charge is 0.341 e. The van der Waals surface area contributed by atoms with Crippen LogP contribution in [0.15, 0.2) is 36.5 Å². The molecule has 98 valence electrons. The lowest BCUT2D eigenvalue weighted by molar-refractivity contribution is 0.0525. The second-order valence-electron chi connectivity index (χ2n) is 4.64. The van der Waals surface area contributed by atoms with Crippen molar-refractivity contribution < 1.29 is 9.53 Å². The van der Waals surface area contributed by atoms with Gasteiger partial charge in [-0.2, -0.15) is 5.10 Å². The van der Waals surface area contributed by atoms with Crippen LogP contribution in [0.4, 0.5) is 0 Å². The van der Waals surface area contributed by atoms with E-state index in [0.29, 0.717) is 12.2 Å². The van der Waals surface area contributed by atoms with Crippen molar-refractivity contribution in [2.45, 2.75) is 25.8 Å². The Morgan fingerprint density at radius 3 is 2.95 bits per heavy atom. The zero-order chi connectivity index (χ0) is 13.2. The number of ether oxygens (including phenoxy) is 1. The van der Waals surface area contributed by atoms with Gasteiger partial charge < -0.3 is 4.74 Å². The van der Waals surface area contributed by atoms with Crippen LogP contribution in [-0.4, -0.2) is 22.4 Å². The molecule has 19 heavy (non-hydrogen) atoms. The highest BCUT2D eigenvalue weighted by Gasteiger charge is 2.31. The van der Waals surface area contributed by atoms with Gasteiger partial charge in [0.25, 0.3) is 0 Å². The molecule has 1 aromatic heterocycles. The van der Waals surface area contributed by atoms with Crippen LogP contribution in [0.25, 0.3) is 0 Å².